The molecule has 16 heteroatoms. The smallest absolute Gasteiger partial charge is 0.344 e. The lowest BCUT2D eigenvalue weighted by atomic mass is 10.1. The topological polar surface area (TPSA) is 209 Å². The van der Waals surface area contributed by atoms with Gasteiger partial charge in [0.15, 0.2) is 0 Å². The largest absolute Gasteiger partial charge is 0.507 e. The fourth-order valence-corrected chi connectivity index (χ4v) is 12.2. The van der Waals surface area contributed by atoms with Gasteiger partial charge in [0, 0.05) is 0 Å². The highest BCUT2D eigenvalue weighted by atomic mass is 32.3. The molecule has 2 atom stereocenters. The van der Waals surface area contributed by atoms with Gasteiger partial charge in [0.25, 0.3) is 19.7 Å². The van der Waals surface area contributed by atoms with Crippen LogP contribution < -0.4 is 10.2 Å². The van der Waals surface area contributed by atoms with Crippen LogP contribution >= 0.6 is 0 Å². The Labute approximate surface area is 236 Å². The highest BCUT2D eigenvalue weighted by Crippen LogP contribution is 2.19. The zero-order valence-electron chi connectivity index (χ0n) is 21.8. The normalized spacial score (nSPS) is 14.3. The molecule has 222 valence electrons. The van der Waals surface area contributed by atoms with E-state index in [1.807, 2.05) is 0 Å². The van der Waals surface area contributed by atoms with Crippen LogP contribution in [0.5, 0.6) is 0 Å². The Morgan fingerprint density at radius 2 is 0.750 bits per heavy atom. The van der Waals surface area contributed by atoms with Gasteiger partial charge in [0.2, 0.25) is 19.7 Å². The summed E-state index contributed by atoms with van der Waals surface area (Å²) in [6.45, 7) is 0. The maximum absolute atomic E-state index is 12.6. The van der Waals surface area contributed by atoms with Crippen LogP contribution in [0.15, 0.2) is 70.5 Å². The highest BCUT2D eigenvalue weighted by Gasteiger charge is 2.42. The van der Waals surface area contributed by atoms with Gasteiger partial charge in [-0.15, -0.1) is 0 Å². The van der Waals surface area contributed by atoms with Crippen molar-refractivity contribution in [3.05, 3.63) is 71.7 Å². The molecule has 0 aliphatic carbocycles. The van der Waals surface area contributed by atoms with E-state index in [2.05, 4.69) is 0 Å². The minimum absolute atomic E-state index is 0.203. The molecule has 2 aromatic rings. The summed E-state index contributed by atoms with van der Waals surface area (Å²) >= 11 is 0. The first-order valence-electron chi connectivity index (χ1n) is 12.6. The van der Waals surface area contributed by atoms with Crippen molar-refractivity contribution in [2.45, 2.75) is 70.6 Å². The highest BCUT2D eigenvalue weighted by molar-refractivity contribution is 8.09. The third-order valence-corrected chi connectivity index (χ3v) is 15.9. The van der Waals surface area contributed by atoms with Crippen molar-refractivity contribution in [3.63, 3.8) is 0 Å². The lowest BCUT2D eigenvalue weighted by Gasteiger charge is -2.12. The maximum atomic E-state index is 12.6. The minimum Gasteiger partial charge on any atom is -0.507 e. The first-order valence-corrected chi connectivity index (χ1v) is 19.1. The molecule has 0 saturated heterocycles. The molecule has 0 spiro atoms. The molecule has 0 radical (unpaired) electrons. The Kier molecular flexibility index (Phi) is 12.5. The Hall–Kier alpha value is -2.56. The standard InChI is InChI=1S/C24H34N4O8S4/c25-27-23(39(33,34)21-15-9-7-10-16-21)37(29,30)19-13-5-3-1-2-4-6-14-20-38(31,32)24(28-26)40(35,36)22-17-11-8-12-18-22/h7-12,15-18,23-24,27-28H,1-6,13-14,19-20H2. The molecule has 0 bridgehead atoms. The number of sulfone groups is 4. The van der Waals surface area contributed by atoms with Crippen LogP contribution in [-0.2, 0) is 39.3 Å². The molecule has 2 N–H and O–H groups in total. The van der Waals surface area contributed by atoms with E-state index < -0.39 is 60.3 Å². The molecule has 0 saturated carbocycles. The van der Waals surface area contributed by atoms with Gasteiger partial charge in [-0.25, -0.2) is 33.7 Å². The zero-order valence-corrected chi connectivity index (χ0v) is 25.1. The fourth-order valence-electron chi connectivity index (χ4n) is 4.03. The Morgan fingerprint density at radius 3 is 1.02 bits per heavy atom. The first-order chi connectivity index (χ1) is 18.8. The minimum atomic E-state index is -4.35. The summed E-state index contributed by atoms with van der Waals surface area (Å²) in [5.74, 6) is -0.859. The van der Waals surface area contributed by atoms with Gasteiger partial charge in [-0.3, -0.25) is 0 Å². The summed E-state index contributed by atoms with van der Waals surface area (Å²) < 4.78 is 96.4. The quantitative estimate of drug-likeness (QED) is 0.165. The number of rotatable bonds is 19. The molecular weight excluding hydrogens is 601 g/mol. The number of benzene rings is 2. The van der Waals surface area contributed by atoms with Gasteiger partial charge >= 0.3 is 9.41 Å². The Morgan fingerprint density at radius 1 is 0.475 bits per heavy atom. The van der Waals surface area contributed by atoms with Crippen molar-refractivity contribution >= 4 is 39.3 Å². The van der Waals surface area contributed by atoms with Crippen LogP contribution in [0.2, 0.25) is 0 Å². The van der Waals surface area contributed by atoms with Crippen LogP contribution in [0.1, 0.15) is 51.4 Å². The second-order valence-corrected chi connectivity index (χ2v) is 18.3. The van der Waals surface area contributed by atoms with Crippen molar-refractivity contribution in [2.75, 3.05) is 11.5 Å². The number of hydrogen-bond donors (Lipinski definition) is 2. The summed E-state index contributed by atoms with van der Waals surface area (Å²) in [5.41, 5.74) is 18.6. The molecule has 0 aliphatic heterocycles. The van der Waals surface area contributed by atoms with E-state index in [4.69, 9.17) is 0 Å². The van der Waals surface area contributed by atoms with Crippen molar-refractivity contribution in [3.8, 4) is 0 Å². The summed E-state index contributed by atoms with van der Waals surface area (Å²) in [4.78, 5) is -0.447. The van der Waals surface area contributed by atoms with Gasteiger partial charge in [-0.1, -0.05) is 74.9 Å². The molecule has 2 rings (SSSR count). The van der Waals surface area contributed by atoms with Crippen LogP contribution in [0.25, 0.3) is 11.1 Å². The predicted octanol–water partition coefficient (Wildman–Crippen LogP) is 0.656. The van der Waals surface area contributed by atoms with E-state index in [1.54, 1.807) is 12.1 Å². The molecule has 0 aliphatic rings. The fraction of sp³-hybridized carbons (Fsp3) is 0.500. The monoisotopic (exact) mass is 634 g/mol. The van der Waals surface area contributed by atoms with Crippen LogP contribution in [0.3, 0.4) is 0 Å². The average molecular weight is 635 g/mol. The van der Waals surface area contributed by atoms with Crippen LogP contribution in [0, 0.1) is 0 Å². The SMILES string of the molecule is [N-]=[NH+]C(S(=O)(=O)CCCCCCCCCCS(=O)(=O)C([NH+]=[N-])S(=O)(=O)c1ccccc1)S(=O)(=O)c1ccccc1. The summed E-state index contributed by atoms with van der Waals surface area (Å²) in [6.07, 6.45) is 4.24. The van der Waals surface area contributed by atoms with E-state index in [0.29, 0.717) is 25.7 Å². The number of hydrogen-bond acceptors (Lipinski definition) is 8. The summed E-state index contributed by atoms with van der Waals surface area (Å²) in [7, 11) is -17.1. The van der Waals surface area contributed by atoms with Crippen molar-refractivity contribution in [1.82, 2.24) is 0 Å². The molecule has 0 aromatic heterocycles. The molecular formula is C24H34N4O8S4. The molecule has 0 heterocycles. The predicted molar refractivity (Wildman–Crippen MR) is 148 cm³/mol. The van der Waals surface area contributed by atoms with Crippen molar-refractivity contribution in [2.24, 2.45) is 0 Å². The Bertz CT molecular complexity index is 1430. The van der Waals surface area contributed by atoms with Crippen LogP contribution in [-0.4, -0.2) is 54.6 Å². The van der Waals surface area contributed by atoms with Crippen LogP contribution in [0.4, 0.5) is 0 Å². The van der Waals surface area contributed by atoms with Gasteiger partial charge in [0.05, 0.1) is 21.3 Å². The van der Waals surface area contributed by atoms with Gasteiger partial charge in [0.1, 0.15) is 0 Å². The molecule has 2 aromatic carbocycles. The van der Waals surface area contributed by atoms with E-state index >= 15 is 0 Å². The van der Waals surface area contributed by atoms with Crippen molar-refractivity contribution < 1.29 is 43.9 Å². The second-order valence-electron chi connectivity index (χ2n) is 9.20. The third-order valence-electron chi connectivity index (χ3n) is 6.18. The average Bonchev–Trinajstić information content (AvgIpc) is 2.90. The summed E-state index contributed by atoms with van der Waals surface area (Å²) in [6, 6.07) is 14.0. The third kappa shape index (κ3) is 8.97. The molecule has 12 nitrogen and oxygen atoms in total. The maximum Gasteiger partial charge on any atom is 0.344 e. The second kappa shape index (κ2) is 14.9. The summed E-state index contributed by atoms with van der Waals surface area (Å²) in [5, 5.41) is 2.86. The van der Waals surface area contributed by atoms with E-state index in [1.165, 1.54) is 58.8 Å². The van der Waals surface area contributed by atoms with Gasteiger partial charge in [-0.2, -0.15) is 0 Å². The molecule has 0 fully saturated rings. The zero-order chi connectivity index (χ0) is 29.9. The van der Waals surface area contributed by atoms with Gasteiger partial charge in [-0.05, 0) is 37.1 Å². The molecule has 0 amide bonds. The number of unbranched alkanes of at least 4 members (excludes halogenated alkanes) is 7. The van der Waals surface area contributed by atoms with Gasteiger partial charge < -0.3 is 21.3 Å². The lowest BCUT2D eigenvalue weighted by molar-refractivity contribution is -0.475. The lowest BCUT2D eigenvalue weighted by Crippen LogP contribution is -2.77. The Balaban J connectivity index is 1.72. The molecule has 2 unspecified atom stereocenters. The van der Waals surface area contributed by atoms with Crippen molar-refractivity contribution in [1.29, 1.82) is 0 Å². The van der Waals surface area contributed by atoms with E-state index in [0.717, 1.165) is 12.8 Å². The number of nitrogens with zero attached hydrogens (tertiary/aromatic N) is 2. The molecule has 40 heavy (non-hydrogen) atoms. The van der Waals surface area contributed by atoms with E-state index in [9.17, 15) is 44.7 Å². The first kappa shape index (κ1) is 33.6. The van der Waals surface area contributed by atoms with E-state index in [-0.39, 0.29) is 22.6 Å². The number of nitrogens with one attached hydrogen (secondary N) is 2.